The molecular weight excluding hydrogens is 469 g/mol. The quantitative estimate of drug-likeness (QED) is 0.214. The average Bonchev–Trinajstić information content (AvgIpc) is 2.71. The molecule has 0 aliphatic carbocycles. The van der Waals surface area contributed by atoms with Crippen molar-refractivity contribution < 1.29 is 9.53 Å². The van der Waals surface area contributed by atoms with Gasteiger partial charge in [0.25, 0.3) is 5.91 Å². The summed E-state index contributed by atoms with van der Waals surface area (Å²) in [7, 11) is 1.58. The van der Waals surface area contributed by atoms with Crippen molar-refractivity contribution in [2.24, 2.45) is 4.99 Å². The number of ether oxygens (including phenoxy) is 1. The number of hydrogen-bond donors (Lipinski definition) is 3. The first-order valence-corrected chi connectivity index (χ1v) is 9.07. The number of benzene rings is 1. The predicted molar refractivity (Wildman–Crippen MR) is 123 cm³/mol. The third-order valence-electron chi connectivity index (χ3n) is 3.74. The summed E-state index contributed by atoms with van der Waals surface area (Å²) in [5.74, 6) is 1.26. The first-order valence-electron chi connectivity index (χ1n) is 9.07. The molecule has 7 nitrogen and oxygen atoms in total. The van der Waals surface area contributed by atoms with Crippen LogP contribution in [0.25, 0.3) is 0 Å². The standard InChI is InChI=1S/C20H27N5O2.HI/c1-3-21-20(24-12-10-17-8-4-5-11-22-17)25-14-13-23-19(26)16-7-6-9-18(15-16)27-2;/h4-9,11,15H,3,10,12-14H2,1-2H3,(H,23,26)(H2,21,24,25);1H. The van der Waals surface area contributed by atoms with E-state index in [4.69, 9.17) is 4.74 Å². The number of rotatable bonds is 9. The Hall–Kier alpha value is -2.36. The fourth-order valence-electron chi connectivity index (χ4n) is 2.39. The topological polar surface area (TPSA) is 87.6 Å². The van der Waals surface area contributed by atoms with Gasteiger partial charge in [-0.3, -0.25) is 14.8 Å². The highest BCUT2D eigenvalue weighted by Gasteiger charge is 2.06. The number of hydrogen-bond acceptors (Lipinski definition) is 4. The molecule has 28 heavy (non-hydrogen) atoms. The molecule has 0 radical (unpaired) electrons. The molecule has 3 N–H and O–H groups in total. The van der Waals surface area contributed by atoms with E-state index in [1.807, 2.05) is 31.2 Å². The fourth-order valence-corrected chi connectivity index (χ4v) is 2.39. The van der Waals surface area contributed by atoms with Gasteiger partial charge in [0.1, 0.15) is 5.75 Å². The van der Waals surface area contributed by atoms with Gasteiger partial charge in [-0.2, -0.15) is 0 Å². The molecule has 1 aromatic carbocycles. The molecule has 0 bridgehead atoms. The Balaban J connectivity index is 0.00000392. The van der Waals surface area contributed by atoms with Gasteiger partial charge in [0.05, 0.1) is 7.11 Å². The number of nitrogens with zero attached hydrogens (tertiary/aromatic N) is 2. The van der Waals surface area contributed by atoms with Crippen molar-refractivity contribution in [1.29, 1.82) is 0 Å². The normalized spacial score (nSPS) is 10.6. The Bertz CT molecular complexity index is 740. The molecule has 0 aliphatic rings. The molecule has 0 saturated heterocycles. The first-order chi connectivity index (χ1) is 13.2. The van der Waals surface area contributed by atoms with Crippen LogP contribution in [0.3, 0.4) is 0 Å². The van der Waals surface area contributed by atoms with Crippen molar-refractivity contribution in [3.05, 3.63) is 59.9 Å². The number of carbonyl (C=O) groups excluding carboxylic acids is 1. The van der Waals surface area contributed by atoms with Crippen LogP contribution in [0.4, 0.5) is 0 Å². The molecule has 2 aromatic rings. The molecular formula is C20H28IN5O2. The number of methoxy groups -OCH3 is 1. The lowest BCUT2D eigenvalue weighted by Crippen LogP contribution is -2.41. The second kappa shape index (κ2) is 13.8. The molecule has 0 saturated carbocycles. The van der Waals surface area contributed by atoms with Crippen LogP contribution in [0.5, 0.6) is 5.75 Å². The Labute approximate surface area is 183 Å². The van der Waals surface area contributed by atoms with Gasteiger partial charge in [0.15, 0.2) is 5.96 Å². The van der Waals surface area contributed by atoms with Crippen molar-refractivity contribution in [1.82, 2.24) is 20.9 Å². The molecule has 0 unspecified atom stereocenters. The molecule has 2 rings (SSSR count). The summed E-state index contributed by atoms with van der Waals surface area (Å²) in [5.41, 5.74) is 1.59. The number of amides is 1. The third kappa shape index (κ3) is 8.55. The monoisotopic (exact) mass is 497 g/mol. The molecule has 0 fully saturated rings. The molecule has 1 amide bonds. The van der Waals surface area contributed by atoms with E-state index in [1.54, 1.807) is 31.5 Å². The number of halogens is 1. The highest BCUT2D eigenvalue weighted by atomic mass is 127. The summed E-state index contributed by atoms with van der Waals surface area (Å²) >= 11 is 0. The van der Waals surface area contributed by atoms with E-state index in [0.717, 1.165) is 24.6 Å². The number of aliphatic imine (C=N–C) groups is 1. The van der Waals surface area contributed by atoms with Crippen molar-refractivity contribution in [2.75, 3.05) is 33.3 Å². The van der Waals surface area contributed by atoms with Gasteiger partial charge >= 0.3 is 0 Å². The maximum Gasteiger partial charge on any atom is 0.251 e. The highest BCUT2D eigenvalue weighted by Crippen LogP contribution is 2.12. The van der Waals surface area contributed by atoms with Crippen LogP contribution in [-0.2, 0) is 6.42 Å². The van der Waals surface area contributed by atoms with Crippen LogP contribution in [0.15, 0.2) is 53.7 Å². The van der Waals surface area contributed by atoms with Crippen molar-refractivity contribution in [2.45, 2.75) is 13.3 Å². The minimum atomic E-state index is -0.132. The first kappa shape index (κ1) is 23.7. The average molecular weight is 497 g/mol. The van der Waals surface area contributed by atoms with E-state index in [2.05, 4.69) is 25.9 Å². The number of aromatic nitrogens is 1. The summed E-state index contributed by atoms with van der Waals surface area (Å²) in [5, 5.41) is 9.29. The minimum absolute atomic E-state index is 0. The van der Waals surface area contributed by atoms with Gasteiger partial charge < -0.3 is 20.7 Å². The summed E-state index contributed by atoms with van der Waals surface area (Å²) in [6.45, 7) is 4.49. The maximum absolute atomic E-state index is 12.2. The summed E-state index contributed by atoms with van der Waals surface area (Å²) in [6.07, 6.45) is 2.57. The predicted octanol–water partition coefficient (Wildman–Crippen LogP) is 2.24. The number of carbonyl (C=O) groups is 1. The zero-order valence-corrected chi connectivity index (χ0v) is 18.6. The van der Waals surface area contributed by atoms with Crippen LogP contribution in [0.2, 0.25) is 0 Å². The number of guanidine groups is 1. The van der Waals surface area contributed by atoms with Crippen LogP contribution in [0.1, 0.15) is 23.0 Å². The molecule has 0 atom stereocenters. The second-order valence-electron chi connectivity index (χ2n) is 5.75. The van der Waals surface area contributed by atoms with E-state index < -0.39 is 0 Å². The number of nitrogens with one attached hydrogen (secondary N) is 3. The molecule has 8 heteroatoms. The Kier molecular flexibility index (Phi) is 11.6. The van der Waals surface area contributed by atoms with Crippen LogP contribution >= 0.6 is 24.0 Å². The van der Waals surface area contributed by atoms with Gasteiger partial charge in [-0.1, -0.05) is 12.1 Å². The molecule has 1 aromatic heterocycles. The van der Waals surface area contributed by atoms with E-state index in [-0.39, 0.29) is 29.9 Å². The zero-order chi connectivity index (χ0) is 19.3. The molecule has 0 aliphatic heterocycles. The van der Waals surface area contributed by atoms with E-state index in [9.17, 15) is 4.79 Å². The second-order valence-corrected chi connectivity index (χ2v) is 5.75. The lowest BCUT2D eigenvalue weighted by molar-refractivity contribution is 0.0954. The number of pyridine rings is 1. The van der Waals surface area contributed by atoms with Crippen molar-refractivity contribution in [3.8, 4) is 5.75 Å². The summed E-state index contributed by atoms with van der Waals surface area (Å²) in [4.78, 5) is 21.0. The van der Waals surface area contributed by atoms with Gasteiger partial charge in [-0.15, -0.1) is 24.0 Å². The SMILES string of the molecule is CCNC(=NCCc1ccccn1)NCCNC(=O)c1cccc(OC)c1.I. The van der Waals surface area contributed by atoms with E-state index in [0.29, 0.717) is 30.9 Å². The maximum atomic E-state index is 12.2. The van der Waals surface area contributed by atoms with Crippen molar-refractivity contribution >= 4 is 35.8 Å². The third-order valence-corrected chi connectivity index (χ3v) is 3.74. The van der Waals surface area contributed by atoms with Crippen molar-refractivity contribution in [3.63, 3.8) is 0 Å². The summed E-state index contributed by atoms with van der Waals surface area (Å²) < 4.78 is 5.14. The summed E-state index contributed by atoms with van der Waals surface area (Å²) in [6, 6.07) is 12.9. The molecule has 152 valence electrons. The minimum Gasteiger partial charge on any atom is -0.497 e. The van der Waals surface area contributed by atoms with Crippen LogP contribution in [0, 0.1) is 0 Å². The Morgan fingerprint density at radius 2 is 1.93 bits per heavy atom. The fraction of sp³-hybridized carbons (Fsp3) is 0.350. The van der Waals surface area contributed by atoms with Crippen LogP contribution in [-0.4, -0.2) is 50.1 Å². The van der Waals surface area contributed by atoms with Crippen LogP contribution < -0.4 is 20.7 Å². The van der Waals surface area contributed by atoms with E-state index >= 15 is 0 Å². The highest BCUT2D eigenvalue weighted by molar-refractivity contribution is 14.0. The largest absolute Gasteiger partial charge is 0.497 e. The van der Waals surface area contributed by atoms with Gasteiger partial charge in [0.2, 0.25) is 0 Å². The Morgan fingerprint density at radius 3 is 2.64 bits per heavy atom. The smallest absolute Gasteiger partial charge is 0.251 e. The van der Waals surface area contributed by atoms with Gasteiger partial charge in [-0.25, -0.2) is 0 Å². The van der Waals surface area contributed by atoms with Gasteiger partial charge in [-0.05, 0) is 37.3 Å². The van der Waals surface area contributed by atoms with E-state index in [1.165, 1.54) is 0 Å². The lowest BCUT2D eigenvalue weighted by Gasteiger charge is -2.12. The molecule has 0 spiro atoms. The zero-order valence-electron chi connectivity index (χ0n) is 16.3. The lowest BCUT2D eigenvalue weighted by atomic mass is 10.2. The Morgan fingerprint density at radius 1 is 1.11 bits per heavy atom. The van der Waals surface area contributed by atoms with Gasteiger partial charge in [0, 0.05) is 50.1 Å². The molecule has 1 heterocycles.